The zero-order valence-corrected chi connectivity index (χ0v) is 9.82. The third-order valence-corrected chi connectivity index (χ3v) is 3.01. The largest absolute Gasteiger partial charge is 0.354 e. The number of likely N-dealkylation sites (N-methyl/N-ethyl adjacent to an activating group) is 1. The van der Waals surface area contributed by atoms with Crippen LogP contribution in [0.2, 0.25) is 0 Å². The maximum atomic E-state index is 4.63. The third kappa shape index (κ3) is 2.29. The van der Waals surface area contributed by atoms with E-state index in [0.29, 0.717) is 0 Å². The molecule has 3 heteroatoms. The average Bonchev–Trinajstić information content (AvgIpc) is 2.23. The second-order valence-electron chi connectivity index (χ2n) is 4.38. The smallest absolute Gasteiger partial charge is 0.131 e. The summed E-state index contributed by atoms with van der Waals surface area (Å²) in [6.07, 6.45) is 0. The minimum atomic E-state index is 1.09. The first-order valence-electron chi connectivity index (χ1n) is 5.54. The SMILES string of the molecule is Cc1ccc(C)c(N2CCN(C)CC2)n1. The van der Waals surface area contributed by atoms with Crippen LogP contribution in [0.15, 0.2) is 12.1 Å². The lowest BCUT2D eigenvalue weighted by Gasteiger charge is -2.34. The maximum Gasteiger partial charge on any atom is 0.131 e. The van der Waals surface area contributed by atoms with Crippen molar-refractivity contribution < 1.29 is 0 Å². The number of hydrogen-bond acceptors (Lipinski definition) is 3. The molecule has 0 radical (unpaired) electrons. The minimum Gasteiger partial charge on any atom is -0.354 e. The van der Waals surface area contributed by atoms with Gasteiger partial charge < -0.3 is 9.80 Å². The van der Waals surface area contributed by atoms with Crippen LogP contribution < -0.4 is 4.90 Å². The van der Waals surface area contributed by atoms with E-state index in [4.69, 9.17) is 0 Å². The van der Waals surface area contributed by atoms with Gasteiger partial charge in [-0.3, -0.25) is 0 Å². The van der Waals surface area contributed by atoms with E-state index in [0.717, 1.165) is 31.9 Å². The molecule has 0 spiro atoms. The first-order chi connectivity index (χ1) is 7.16. The summed E-state index contributed by atoms with van der Waals surface area (Å²) in [7, 11) is 2.17. The van der Waals surface area contributed by atoms with Crippen molar-refractivity contribution in [3.05, 3.63) is 23.4 Å². The molecule has 0 bridgehead atoms. The first-order valence-corrected chi connectivity index (χ1v) is 5.54. The highest BCUT2D eigenvalue weighted by Gasteiger charge is 2.16. The Morgan fingerprint density at radius 1 is 1.07 bits per heavy atom. The lowest BCUT2D eigenvalue weighted by atomic mass is 10.2. The molecule has 0 atom stereocenters. The molecule has 2 rings (SSSR count). The van der Waals surface area contributed by atoms with Crippen LogP contribution in [0.4, 0.5) is 5.82 Å². The van der Waals surface area contributed by atoms with Crippen LogP contribution >= 0.6 is 0 Å². The van der Waals surface area contributed by atoms with E-state index in [-0.39, 0.29) is 0 Å². The van der Waals surface area contributed by atoms with Crippen molar-refractivity contribution in [2.24, 2.45) is 0 Å². The van der Waals surface area contributed by atoms with Crippen LogP contribution in [-0.2, 0) is 0 Å². The van der Waals surface area contributed by atoms with Gasteiger partial charge in [0.1, 0.15) is 5.82 Å². The topological polar surface area (TPSA) is 19.4 Å². The first kappa shape index (κ1) is 10.4. The summed E-state index contributed by atoms with van der Waals surface area (Å²) in [6, 6.07) is 4.24. The molecule has 1 aliphatic heterocycles. The standard InChI is InChI=1S/C12H19N3/c1-10-4-5-11(2)13-12(10)15-8-6-14(3)7-9-15/h4-5H,6-9H2,1-3H3. The molecule has 0 unspecified atom stereocenters. The predicted molar refractivity (Wildman–Crippen MR) is 63.4 cm³/mol. The summed E-state index contributed by atoms with van der Waals surface area (Å²) in [5.41, 5.74) is 2.39. The molecular weight excluding hydrogens is 186 g/mol. The Hall–Kier alpha value is -1.09. The highest BCUT2D eigenvalue weighted by molar-refractivity contribution is 5.47. The van der Waals surface area contributed by atoms with Gasteiger partial charge in [0.15, 0.2) is 0 Å². The molecule has 1 aromatic rings. The van der Waals surface area contributed by atoms with Gasteiger partial charge in [0.05, 0.1) is 0 Å². The fourth-order valence-electron chi connectivity index (χ4n) is 1.95. The molecular formula is C12H19N3. The zero-order chi connectivity index (χ0) is 10.8. The van der Waals surface area contributed by atoms with E-state index in [1.807, 2.05) is 0 Å². The van der Waals surface area contributed by atoms with Crippen molar-refractivity contribution in [3.63, 3.8) is 0 Å². The molecule has 0 aliphatic carbocycles. The van der Waals surface area contributed by atoms with E-state index in [9.17, 15) is 0 Å². The van der Waals surface area contributed by atoms with Crippen LogP contribution in [0.5, 0.6) is 0 Å². The van der Waals surface area contributed by atoms with E-state index in [1.165, 1.54) is 11.4 Å². The number of pyridine rings is 1. The molecule has 3 nitrogen and oxygen atoms in total. The Kier molecular flexibility index (Phi) is 2.91. The molecule has 1 aromatic heterocycles. The number of anilines is 1. The Labute approximate surface area is 91.7 Å². The summed E-state index contributed by atoms with van der Waals surface area (Å²) in [4.78, 5) is 9.38. The van der Waals surface area contributed by atoms with Crippen molar-refractivity contribution in [3.8, 4) is 0 Å². The fraction of sp³-hybridized carbons (Fsp3) is 0.583. The fourth-order valence-corrected chi connectivity index (χ4v) is 1.95. The third-order valence-electron chi connectivity index (χ3n) is 3.01. The molecule has 0 aromatic carbocycles. The van der Waals surface area contributed by atoms with Crippen molar-refractivity contribution in [1.29, 1.82) is 0 Å². The Morgan fingerprint density at radius 2 is 1.73 bits per heavy atom. The molecule has 0 N–H and O–H groups in total. The highest BCUT2D eigenvalue weighted by atomic mass is 15.3. The predicted octanol–water partition coefficient (Wildman–Crippen LogP) is 1.45. The van der Waals surface area contributed by atoms with Crippen LogP contribution in [0, 0.1) is 13.8 Å². The number of nitrogens with zero attached hydrogens (tertiary/aromatic N) is 3. The van der Waals surface area contributed by atoms with Gasteiger partial charge in [-0.2, -0.15) is 0 Å². The van der Waals surface area contributed by atoms with E-state index in [1.54, 1.807) is 0 Å². The van der Waals surface area contributed by atoms with Gasteiger partial charge >= 0.3 is 0 Å². The molecule has 82 valence electrons. The van der Waals surface area contributed by atoms with Gasteiger partial charge in [0.25, 0.3) is 0 Å². The van der Waals surface area contributed by atoms with Gasteiger partial charge in [0, 0.05) is 31.9 Å². The number of aromatic nitrogens is 1. The lowest BCUT2D eigenvalue weighted by molar-refractivity contribution is 0.312. The minimum absolute atomic E-state index is 1.09. The van der Waals surface area contributed by atoms with E-state index < -0.39 is 0 Å². The summed E-state index contributed by atoms with van der Waals surface area (Å²) in [5, 5.41) is 0. The van der Waals surface area contributed by atoms with Crippen molar-refractivity contribution in [1.82, 2.24) is 9.88 Å². The molecule has 0 saturated carbocycles. The van der Waals surface area contributed by atoms with E-state index >= 15 is 0 Å². The monoisotopic (exact) mass is 205 g/mol. The summed E-state index contributed by atoms with van der Waals surface area (Å²) in [5.74, 6) is 1.17. The van der Waals surface area contributed by atoms with Crippen molar-refractivity contribution in [2.45, 2.75) is 13.8 Å². The summed E-state index contributed by atoms with van der Waals surface area (Å²) in [6.45, 7) is 8.64. The Bertz CT molecular complexity index is 341. The number of aryl methyl sites for hydroxylation is 2. The van der Waals surface area contributed by atoms with Crippen molar-refractivity contribution >= 4 is 5.82 Å². The molecule has 1 fully saturated rings. The Morgan fingerprint density at radius 3 is 2.40 bits per heavy atom. The van der Waals surface area contributed by atoms with E-state index in [2.05, 4.69) is 47.8 Å². The van der Waals surface area contributed by atoms with Crippen LogP contribution in [0.25, 0.3) is 0 Å². The average molecular weight is 205 g/mol. The van der Waals surface area contributed by atoms with Gasteiger partial charge in [-0.1, -0.05) is 6.07 Å². The second kappa shape index (κ2) is 4.19. The number of piperazine rings is 1. The Balaban J connectivity index is 2.18. The molecule has 2 heterocycles. The zero-order valence-electron chi connectivity index (χ0n) is 9.82. The van der Waals surface area contributed by atoms with Crippen molar-refractivity contribution in [2.75, 3.05) is 38.1 Å². The van der Waals surface area contributed by atoms with Crippen LogP contribution in [0.3, 0.4) is 0 Å². The lowest BCUT2D eigenvalue weighted by Crippen LogP contribution is -2.45. The maximum absolute atomic E-state index is 4.63. The molecule has 15 heavy (non-hydrogen) atoms. The molecule has 1 aliphatic rings. The molecule has 0 amide bonds. The highest BCUT2D eigenvalue weighted by Crippen LogP contribution is 2.18. The van der Waals surface area contributed by atoms with Gasteiger partial charge in [0.2, 0.25) is 0 Å². The van der Waals surface area contributed by atoms with Crippen LogP contribution in [-0.4, -0.2) is 43.1 Å². The molecule has 1 saturated heterocycles. The summed E-state index contributed by atoms with van der Waals surface area (Å²) < 4.78 is 0. The van der Waals surface area contributed by atoms with Gasteiger partial charge in [-0.25, -0.2) is 4.98 Å². The normalized spacial score (nSPS) is 18.2. The second-order valence-corrected chi connectivity index (χ2v) is 4.38. The van der Waals surface area contributed by atoms with Gasteiger partial charge in [-0.05, 0) is 32.5 Å². The quantitative estimate of drug-likeness (QED) is 0.692. The van der Waals surface area contributed by atoms with Gasteiger partial charge in [-0.15, -0.1) is 0 Å². The number of hydrogen-bond donors (Lipinski definition) is 0. The number of rotatable bonds is 1. The van der Waals surface area contributed by atoms with Crippen LogP contribution in [0.1, 0.15) is 11.3 Å². The summed E-state index contributed by atoms with van der Waals surface area (Å²) >= 11 is 0.